The third-order valence-corrected chi connectivity index (χ3v) is 9.18. The lowest BCUT2D eigenvalue weighted by atomic mass is 9.96. The smallest absolute Gasteiger partial charge is 0.154 e. The molecular weight excluding hydrogens is 749 g/mol. The van der Waals surface area contributed by atoms with Crippen LogP contribution in [0.2, 0.25) is 0 Å². The normalized spacial score (nSPS) is 11.5. The first kappa shape index (κ1) is 80.8. The van der Waals surface area contributed by atoms with E-state index in [1.807, 2.05) is 20.8 Å². The molecule has 0 aliphatic carbocycles. The molecule has 3 unspecified atom stereocenters. The van der Waals surface area contributed by atoms with Gasteiger partial charge in [-0.2, -0.15) is 0 Å². The van der Waals surface area contributed by atoms with E-state index in [-0.39, 0.29) is 6.10 Å². The summed E-state index contributed by atoms with van der Waals surface area (Å²) in [6, 6.07) is 0. The standard InChI is InChI=1S/C17H36O2.C15H32.C9H20O.C3H8O.3C3H8.C2H6.C2H4/c1-4-7-9-10-11-13-14-16(6-3)19-17(18)15-12-8-5-2;1-4-6-8-10-12-14-15(3)13-11-9-7-5-2;1-4-5-6-7-8-9(2)10-3;1-2-3-4;3*1-3-2;2*1-2/h16-18H,4-15H2,1-3H3;15H,4-14H2,1-3H3;9H,4-8H2,1-3H3;4H,2-3H2,1H3;3*3H2,1-2H3;1-2H3;1-2H2/t16-,17?;;;;;;;;/m0......../s1. The van der Waals surface area contributed by atoms with Gasteiger partial charge in [0.15, 0.2) is 6.29 Å². The molecule has 0 rings (SSSR count). The van der Waals surface area contributed by atoms with Crippen molar-refractivity contribution in [2.24, 2.45) is 5.92 Å². The van der Waals surface area contributed by atoms with Gasteiger partial charge in [0.05, 0.1) is 12.2 Å². The molecule has 4 heteroatoms. The average Bonchev–Trinajstić information content (AvgIpc) is 3.27. The minimum Gasteiger partial charge on any atom is -0.396 e. The first-order valence-corrected chi connectivity index (χ1v) is 27.5. The Labute approximate surface area is 392 Å². The molecule has 0 aromatic carbocycles. The number of aliphatic hydroxyl groups excluding tert-OH is 2. The second-order valence-corrected chi connectivity index (χ2v) is 16.6. The second-order valence-electron chi connectivity index (χ2n) is 16.6. The summed E-state index contributed by atoms with van der Waals surface area (Å²) in [5, 5.41) is 17.7. The Morgan fingerprint density at radius 1 is 0.410 bits per heavy atom. The van der Waals surface area contributed by atoms with Crippen LogP contribution in [0.4, 0.5) is 0 Å². The third-order valence-electron chi connectivity index (χ3n) is 9.18. The summed E-state index contributed by atoms with van der Waals surface area (Å²) < 4.78 is 10.9. The van der Waals surface area contributed by atoms with Crippen LogP contribution in [0.5, 0.6) is 0 Å². The molecule has 4 nitrogen and oxygen atoms in total. The first-order valence-electron chi connectivity index (χ1n) is 27.5. The van der Waals surface area contributed by atoms with E-state index in [0.717, 1.165) is 38.0 Å². The van der Waals surface area contributed by atoms with Crippen LogP contribution in [0.25, 0.3) is 0 Å². The summed E-state index contributed by atoms with van der Waals surface area (Å²) in [4.78, 5) is 0. The van der Waals surface area contributed by atoms with Gasteiger partial charge in [-0.05, 0) is 51.4 Å². The number of rotatable bonds is 32. The fraction of sp³-hybridized carbons (Fsp3) is 0.965. The largest absolute Gasteiger partial charge is 0.396 e. The fourth-order valence-corrected chi connectivity index (χ4v) is 5.52. The van der Waals surface area contributed by atoms with Crippen LogP contribution in [0, 0.1) is 5.92 Å². The zero-order valence-electron chi connectivity index (χ0n) is 46.8. The highest BCUT2D eigenvalue weighted by Crippen LogP contribution is 2.18. The quantitative estimate of drug-likeness (QED) is 0.0402. The SMILES string of the molecule is C=C.CC.CCC.CCC.CCC.CCCCCCC(C)OC.CCCCCCCC(C)CCCCCC.CCCCCCCC[C@H](CC)OC(O)CCCCC.CCCO. The van der Waals surface area contributed by atoms with E-state index in [1.165, 1.54) is 173 Å². The van der Waals surface area contributed by atoms with Crippen LogP contribution < -0.4 is 0 Å². The molecular formula is C57H130O4. The molecule has 4 atom stereocenters. The number of hydrogen-bond acceptors (Lipinski definition) is 4. The highest BCUT2D eigenvalue weighted by Gasteiger charge is 2.12. The van der Waals surface area contributed by atoms with E-state index in [9.17, 15) is 5.11 Å². The highest BCUT2D eigenvalue weighted by molar-refractivity contribution is 4.59. The molecule has 0 spiro atoms. The van der Waals surface area contributed by atoms with Crippen molar-refractivity contribution < 1.29 is 19.7 Å². The molecule has 0 bridgehead atoms. The van der Waals surface area contributed by atoms with Gasteiger partial charge >= 0.3 is 0 Å². The Hall–Kier alpha value is -0.420. The predicted molar refractivity (Wildman–Crippen MR) is 288 cm³/mol. The Morgan fingerprint density at radius 3 is 0.984 bits per heavy atom. The number of ether oxygens (including phenoxy) is 2. The molecule has 0 amide bonds. The minimum atomic E-state index is -0.545. The molecule has 0 saturated carbocycles. The summed E-state index contributed by atoms with van der Waals surface area (Å²) in [6.45, 7) is 43.0. The monoisotopic (exact) mass is 879 g/mol. The van der Waals surface area contributed by atoms with E-state index >= 15 is 0 Å². The molecule has 0 aromatic rings. The Kier molecular flexibility index (Phi) is 125. The molecule has 0 aromatic heterocycles. The summed E-state index contributed by atoms with van der Waals surface area (Å²) in [6.07, 6.45) is 41.5. The maximum absolute atomic E-state index is 9.83. The molecule has 0 saturated heterocycles. The van der Waals surface area contributed by atoms with E-state index < -0.39 is 6.29 Å². The number of aliphatic hydroxyl groups is 2. The molecule has 0 fully saturated rings. The molecule has 61 heavy (non-hydrogen) atoms. The van der Waals surface area contributed by atoms with Crippen molar-refractivity contribution in [2.45, 2.75) is 342 Å². The number of unbranched alkanes of at least 4 members (excludes halogenated alkanes) is 17. The minimum absolute atomic E-state index is 0.253. The summed E-state index contributed by atoms with van der Waals surface area (Å²) in [5.41, 5.74) is 0. The third kappa shape index (κ3) is 120. The molecule has 0 aliphatic heterocycles. The molecule has 0 heterocycles. The lowest BCUT2D eigenvalue weighted by molar-refractivity contribution is -0.142. The Balaban J connectivity index is -0.0000000817. The summed E-state index contributed by atoms with van der Waals surface area (Å²) >= 11 is 0. The van der Waals surface area contributed by atoms with Gasteiger partial charge in [0.25, 0.3) is 0 Å². The van der Waals surface area contributed by atoms with Gasteiger partial charge in [-0.1, -0.05) is 278 Å². The molecule has 0 radical (unpaired) electrons. The highest BCUT2D eigenvalue weighted by atomic mass is 16.6. The maximum Gasteiger partial charge on any atom is 0.154 e. The molecule has 2 N–H and O–H groups in total. The van der Waals surface area contributed by atoms with Gasteiger partial charge in [-0.3, -0.25) is 0 Å². The van der Waals surface area contributed by atoms with E-state index in [4.69, 9.17) is 14.6 Å². The molecule has 382 valence electrons. The zero-order valence-corrected chi connectivity index (χ0v) is 46.8. The van der Waals surface area contributed by atoms with Crippen molar-refractivity contribution in [2.75, 3.05) is 13.7 Å². The summed E-state index contributed by atoms with van der Waals surface area (Å²) in [7, 11) is 1.78. The van der Waals surface area contributed by atoms with Crippen molar-refractivity contribution in [3.05, 3.63) is 13.2 Å². The van der Waals surface area contributed by atoms with Gasteiger partial charge in [-0.15, -0.1) is 13.2 Å². The van der Waals surface area contributed by atoms with Crippen LogP contribution in [-0.4, -0.2) is 42.4 Å². The van der Waals surface area contributed by atoms with Crippen LogP contribution in [0.3, 0.4) is 0 Å². The van der Waals surface area contributed by atoms with Gasteiger partial charge in [-0.25, -0.2) is 0 Å². The lowest BCUT2D eigenvalue weighted by Crippen LogP contribution is -2.21. The average molecular weight is 880 g/mol. The van der Waals surface area contributed by atoms with E-state index in [2.05, 4.69) is 110 Å². The van der Waals surface area contributed by atoms with Crippen molar-refractivity contribution in [1.29, 1.82) is 0 Å². The van der Waals surface area contributed by atoms with Gasteiger partial charge in [0.2, 0.25) is 0 Å². The second kappa shape index (κ2) is 94.2. The van der Waals surface area contributed by atoms with Gasteiger partial charge < -0.3 is 19.7 Å². The van der Waals surface area contributed by atoms with Crippen molar-refractivity contribution in [1.82, 2.24) is 0 Å². The predicted octanol–water partition coefficient (Wildman–Crippen LogP) is 20.8. The van der Waals surface area contributed by atoms with Crippen molar-refractivity contribution >= 4 is 0 Å². The van der Waals surface area contributed by atoms with Crippen LogP contribution in [0.1, 0.15) is 323 Å². The summed E-state index contributed by atoms with van der Waals surface area (Å²) in [5.74, 6) is 0.975. The van der Waals surface area contributed by atoms with Crippen LogP contribution >= 0.6 is 0 Å². The van der Waals surface area contributed by atoms with Crippen molar-refractivity contribution in [3.63, 3.8) is 0 Å². The number of methoxy groups -OCH3 is 1. The Bertz CT molecular complexity index is 551. The molecule has 0 aliphatic rings. The van der Waals surface area contributed by atoms with E-state index in [1.54, 1.807) is 7.11 Å². The van der Waals surface area contributed by atoms with E-state index in [0.29, 0.717) is 12.7 Å². The van der Waals surface area contributed by atoms with Crippen LogP contribution in [-0.2, 0) is 9.47 Å². The first-order chi connectivity index (χ1) is 29.5. The van der Waals surface area contributed by atoms with Gasteiger partial charge in [0, 0.05) is 13.7 Å². The maximum atomic E-state index is 9.83. The fourth-order valence-electron chi connectivity index (χ4n) is 5.52. The lowest BCUT2D eigenvalue weighted by Gasteiger charge is -2.20. The Morgan fingerprint density at radius 2 is 0.672 bits per heavy atom. The topological polar surface area (TPSA) is 58.9 Å². The van der Waals surface area contributed by atoms with Crippen LogP contribution in [0.15, 0.2) is 13.2 Å². The van der Waals surface area contributed by atoms with Gasteiger partial charge in [0.1, 0.15) is 0 Å². The zero-order chi connectivity index (χ0) is 49.1. The number of hydrogen-bond donors (Lipinski definition) is 2. The van der Waals surface area contributed by atoms with Crippen molar-refractivity contribution in [3.8, 4) is 0 Å².